The van der Waals surface area contributed by atoms with Crippen molar-refractivity contribution >= 4 is 17.7 Å². The predicted octanol–water partition coefficient (Wildman–Crippen LogP) is 6.32. The lowest BCUT2D eigenvalue weighted by Gasteiger charge is -2.41. The van der Waals surface area contributed by atoms with Gasteiger partial charge >= 0.3 is 0 Å². The molecule has 0 radical (unpaired) electrons. The van der Waals surface area contributed by atoms with E-state index < -0.39 is 5.09 Å². The molecule has 1 unspecified atom stereocenters. The van der Waals surface area contributed by atoms with Crippen molar-refractivity contribution in [1.29, 1.82) is 0 Å². The van der Waals surface area contributed by atoms with Crippen molar-refractivity contribution in [3.63, 3.8) is 0 Å². The van der Waals surface area contributed by atoms with E-state index in [2.05, 4.69) is 56.9 Å². The zero-order chi connectivity index (χ0) is 40.2. The van der Waals surface area contributed by atoms with Crippen LogP contribution in [0.25, 0.3) is 0 Å². The number of hydrogen-bond acceptors (Lipinski definition) is 13. The Hall–Kier alpha value is -5.57. The quantitative estimate of drug-likeness (QED) is 0.0429. The average Bonchev–Trinajstić information content (AvgIpc) is 3.24. The number of piperazine rings is 1. The lowest BCUT2D eigenvalue weighted by molar-refractivity contribution is -0.763. The lowest BCUT2D eigenvalue weighted by atomic mass is 10.1. The van der Waals surface area contributed by atoms with Crippen LogP contribution in [-0.2, 0) is 27.5 Å². The van der Waals surface area contributed by atoms with Crippen LogP contribution in [0.2, 0.25) is 0 Å². The molecule has 0 aromatic heterocycles. The molecule has 4 aromatic rings. The third-order valence-electron chi connectivity index (χ3n) is 9.57. The maximum absolute atomic E-state index is 10.2. The number of nitrogens with zero attached hydrogens (tertiary/aromatic N) is 4. The van der Waals surface area contributed by atoms with Crippen molar-refractivity contribution in [1.82, 2.24) is 4.90 Å². The van der Waals surface area contributed by atoms with Crippen LogP contribution in [0.15, 0.2) is 91.0 Å². The molecule has 57 heavy (non-hydrogen) atoms. The summed E-state index contributed by atoms with van der Waals surface area (Å²) in [7, 11) is 5.61. The van der Waals surface area contributed by atoms with Crippen LogP contribution in [0.4, 0.5) is 11.4 Å². The van der Waals surface area contributed by atoms with Gasteiger partial charge in [-0.1, -0.05) is 42.5 Å². The molecule has 0 N–H and O–H groups in total. The van der Waals surface area contributed by atoms with Gasteiger partial charge in [0.2, 0.25) is 0 Å². The van der Waals surface area contributed by atoms with E-state index in [1.165, 1.54) is 5.69 Å². The standard InChI is InChI=1S/C35H47N3O6.C8H7NO4/c1-36-17-18-38(29-10-12-31(13-11-29)42-22-7-21-41-26-28-8-4-5-9-34(28)40-3)30(25-36)27-44-32-14-15-35-33(24-32)37(19-23-43-35)16-6-20-39-2;10-5-7-1-3-8(4-2-7)6-13-9(11)12/h4-5,8-15,24,30H,6-7,16-23,25-27H2,1-3H3;1-5H,6H2. The number of methoxy groups -OCH3 is 2. The molecule has 14 nitrogen and oxygen atoms in total. The van der Waals surface area contributed by atoms with Crippen LogP contribution in [0, 0.1) is 10.1 Å². The van der Waals surface area contributed by atoms with E-state index in [9.17, 15) is 14.9 Å². The average molecular weight is 787 g/mol. The number of fused-ring (bicyclic) bond motifs is 1. The Kier molecular flexibility index (Phi) is 17.1. The molecular weight excluding hydrogens is 732 g/mol. The molecule has 2 aliphatic rings. The number of anilines is 2. The fraction of sp³-hybridized carbons (Fsp3) is 0.419. The Labute approximate surface area is 334 Å². The second-order valence-electron chi connectivity index (χ2n) is 13.6. The van der Waals surface area contributed by atoms with E-state index in [1.54, 1.807) is 38.5 Å². The molecule has 0 spiro atoms. The number of ether oxygens (including phenoxy) is 6. The SMILES string of the molecule is COCCCN1CCOc2ccc(OCC3CN(C)CCN3c3ccc(OCCCOCc4ccccc4OC)cc3)cc21.O=Cc1ccc(CO[N+](=O)[O-])cc1. The highest BCUT2D eigenvalue weighted by Crippen LogP contribution is 2.35. The topological polar surface area (TPSA) is 135 Å². The largest absolute Gasteiger partial charge is 0.496 e. The van der Waals surface area contributed by atoms with Gasteiger partial charge in [0.25, 0.3) is 5.09 Å². The first kappa shape index (κ1) is 42.6. The van der Waals surface area contributed by atoms with Crippen LogP contribution >= 0.6 is 0 Å². The van der Waals surface area contributed by atoms with E-state index in [-0.39, 0.29) is 12.6 Å². The van der Waals surface area contributed by atoms with Gasteiger partial charge in [-0.25, -0.2) is 0 Å². The molecule has 14 heteroatoms. The van der Waals surface area contributed by atoms with Crippen molar-refractivity contribution in [2.45, 2.75) is 32.1 Å². The summed E-state index contributed by atoms with van der Waals surface area (Å²) in [6.07, 6.45) is 2.50. The highest BCUT2D eigenvalue weighted by Gasteiger charge is 2.27. The van der Waals surface area contributed by atoms with Gasteiger partial charge in [-0.2, -0.15) is 0 Å². The molecule has 4 aromatic carbocycles. The molecule has 306 valence electrons. The van der Waals surface area contributed by atoms with E-state index in [0.29, 0.717) is 50.4 Å². The molecule has 1 atom stereocenters. The number of rotatable bonds is 20. The number of hydrogen-bond donors (Lipinski definition) is 0. The van der Waals surface area contributed by atoms with Crippen LogP contribution in [-0.4, -0.2) is 109 Å². The van der Waals surface area contributed by atoms with E-state index in [1.807, 2.05) is 36.4 Å². The van der Waals surface area contributed by atoms with Gasteiger partial charge in [0.1, 0.15) is 49.1 Å². The van der Waals surface area contributed by atoms with Crippen LogP contribution < -0.4 is 28.7 Å². The maximum atomic E-state index is 10.2. The highest BCUT2D eigenvalue weighted by molar-refractivity contribution is 5.74. The fourth-order valence-electron chi connectivity index (χ4n) is 6.57. The molecule has 0 bridgehead atoms. The Morgan fingerprint density at radius 3 is 2.40 bits per heavy atom. The molecule has 6 rings (SSSR count). The number of para-hydroxylation sites is 1. The van der Waals surface area contributed by atoms with Gasteiger partial charge in [0.05, 0.1) is 45.2 Å². The molecule has 2 heterocycles. The van der Waals surface area contributed by atoms with Gasteiger partial charge in [-0.05, 0) is 61.5 Å². The first-order valence-corrected chi connectivity index (χ1v) is 19.2. The van der Waals surface area contributed by atoms with Gasteiger partial charge in [-0.15, -0.1) is 10.1 Å². The van der Waals surface area contributed by atoms with Gasteiger partial charge < -0.3 is 48.0 Å². The first-order valence-electron chi connectivity index (χ1n) is 19.2. The summed E-state index contributed by atoms with van der Waals surface area (Å²) in [4.78, 5) is 31.4. The number of benzene rings is 4. The van der Waals surface area contributed by atoms with Crippen molar-refractivity contribution in [3.8, 4) is 23.0 Å². The molecule has 0 aliphatic carbocycles. The minimum atomic E-state index is -0.854. The second kappa shape index (κ2) is 22.9. The fourth-order valence-corrected chi connectivity index (χ4v) is 6.57. The third kappa shape index (κ3) is 13.6. The van der Waals surface area contributed by atoms with Crippen LogP contribution in [0.5, 0.6) is 23.0 Å². The number of carbonyl (C=O) groups excluding carboxylic acids is 1. The summed E-state index contributed by atoms with van der Waals surface area (Å²) in [5.74, 6) is 3.51. The smallest absolute Gasteiger partial charge is 0.294 e. The summed E-state index contributed by atoms with van der Waals surface area (Å²) in [5, 5.41) is 8.97. The van der Waals surface area contributed by atoms with Crippen molar-refractivity contribution in [3.05, 3.63) is 118 Å². The van der Waals surface area contributed by atoms with E-state index in [4.69, 9.17) is 28.4 Å². The Morgan fingerprint density at radius 1 is 0.860 bits per heavy atom. The van der Waals surface area contributed by atoms with Gasteiger partial charge in [-0.3, -0.25) is 4.79 Å². The molecule has 2 aliphatic heterocycles. The van der Waals surface area contributed by atoms with Gasteiger partial charge in [0, 0.05) is 69.2 Å². The first-order chi connectivity index (χ1) is 27.9. The number of likely N-dealkylation sites (N-methyl/N-ethyl adjacent to an activating group) is 1. The predicted molar refractivity (Wildman–Crippen MR) is 218 cm³/mol. The Bertz CT molecular complexity index is 1810. The summed E-state index contributed by atoms with van der Waals surface area (Å²) in [6, 6.07) is 29.1. The van der Waals surface area contributed by atoms with E-state index >= 15 is 0 Å². The summed E-state index contributed by atoms with van der Waals surface area (Å²) in [5.41, 5.74) is 4.52. The molecule has 0 amide bonds. The summed E-state index contributed by atoms with van der Waals surface area (Å²) in [6.45, 7) is 8.42. The molecular formula is C43H54N4O10. The zero-order valence-electron chi connectivity index (χ0n) is 33.1. The van der Waals surface area contributed by atoms with Crippen LogP contribution in [0.3, 0.4) is 0 Å². The van der Waals surface area contributed by atoms with Crippen molar-refractivity contribution in [2.75, 3.05) is 96.8 Å². The molecule has 1 saturated heterocycles. The molecule has 1 fully saturated rings. The summed E-state index contributed by atoms with van der Waals surface area (Å²) >= 11 is 0. The minimum Gasteiger partial charge on any atom is -0.496 e. The minimum absolute atomic E-state index is 0.0911. The van der Waals surface area contributed by atoms with Crippen molar-refractivity contribution < 1.29 is 43.1 Å². The third-order valence-corrected chi connectivity index (χ3v) is 9.57. The second-order valence-corrected chi connectivity index (χ2v) is 13.6. The zero-order valence-corrected chi connectivity index (χ0v) is 33.1. The Morgan fingerprint density at radius 2 is 1.65 bits per heavy atom. The highest BCUT2D eigenvalue weighted by atomic mass is 16.9. The maximum Gasteiger partial charge on any atom is 0.294 e. The van der Waals surface area contributed by atoms with Crippen molar-refractivity contribution in [2.24, 2.45) is 0 Å². The monoisotopic (exact) mass is 786 g/mol. The number of carbonyl (C=O) groups is 1. The number of aldehydes is 1. The normalized spacial score (nSPS) is 15.0. The summed E-state index contributed by atoms with van der Waals surface area (Å²) < 4.78 is 34.8. The molecule has 0 saturated carbocycles. The van der Waals surface area contributed by atoms with E-state index in [0.717, 1.165) is 86.4 Å². The lowest BCUT2D eigenvalue weighted by Crippen LogP contribution is -2.54. The van der Waals surface area contributed by atoms with Gasteiger partial charge in [0.15, 0.2) is 0 Å². The Balaban J connectivity index is 0.000000405. The van der Waals surface area contributed by atoms with Crippen LogP contribution in [0.1, 0.15) is 34.3 Å².